The van der Waals surface area contributed by atoms with E-state index in [-0.39, 0.29) is 27.8 Å². The normalized spacial score (nSPS) is 11.2. The molecule has 0 unspecified atom stereocenters. The van der Waals surface area contributed by atoms with Gasteiger partial charge >= 0.3 is 5.97 Å². The van der Waals surface area contributed by atoms with Crippen molar-refractivity contribution in [1.29, 1.82) is 0 Å². The molecule has 0 aromatic carbocycles. The van der Waals surface area contributed by atoms with E-state index in [9.17, 15) is 9.59 Å². The summed E-state index contributed by atoms with van der Waals surface area (Å²) in [6.45, 7) is 7.45. The monoisotopic (exact) mass is 256 g/mol. The zero-order valence-electron chi connectivity index (χ0n) is 10.3. The molecule has 0 spiro atoms. The van der Waals surface area contributed by atoms with Crippen molar-refractivity contribution >= 4 is 22.8 Å². The Labute approximate surface area is 104 Å². The largest absolute Gasteiger partial charge is 0.477 e. The number of carboxylic acids is 1. The van der Waals surface area contributed by atoms with Crippen molar-refractivity contribution in [3.63, 3.8) is 0 Å². The molecule has 1 N–H and O–H groups in total. The summed E-state index contributed by atoms with van der Waals surface area (Å²) >= 11 is 1.15. The van der Waals surface area contributed by atoms with Gasteiger partial charge in [-0.1, -0.05) is 25.6 Å². The van der Waals surface area contributed by atoms with Gasteiger partial charge in [-0.2, -0.15) is 5.10 Å². The van der Waals surface area contributed by atoms with Crippen LogP contribution in [0.5, 0.6) is 0 Å². The van der Waals surface area contributed by atoms with E-state index in [4.69, 9.17) is 5.11 Å². The van der Waals surface area contributed by atoms with E-state index in [0.29, 0.717) is 0 Å². The lowest BCUT2D eigenvalue weighted by Crippen LogP contribution is -2.12. The quantitative estimate of drug-likeness (QED) is 0.895. The Balaban J connectivity index is 3.08. The van der Waals surface area contributed by atoms with E-state index >= 15 is 0 Å². The maximum atomic E-state index is 11.8. The zero-order valence-corrected chi connectivity index (χ0v) is 11.1. The number of carbonyl (C=O) groups is 2. The van der Waals surface area contributed by atoms with Crippen LogP contribution in [-0.4, -0.2) is 31.2 Å². The molecule has 5 nitrogen and oxygen atoms in total. The van der Waals surface area contributed by atoms with Gasteiger partial charge in [0.1, 0.15) is 11.4 Å². The molecule has 1 aromatic rings. The average Bonchev–Trinajstić information content (AvgIpc) is 2.60. The average molecular weight is 256 g/mol. The molecule has 1 heterocycles. The lowest BCUT2D eigenvalue weighted by molar-refractivity contribution is 0.0681. The second kappa shape index (κ2) is 5.35. The van der Waals surface area contributed by atoms with Gasteiger partial charge in [0.2, 0.25) is 5.12 Å². The second-order valence-corrected chi connectivity index (χ2v) is 5.76. The van der Waals surface area contributed by atoms with Crippen molar-refractivity contribution in [2.75, 3.05) is 0 Å². The van der Waals surface area contributed by atoms with E-state index < -0.39 is 5.97 Å². The first kappa shape index (κ1) is 13.8. The van der Waals surface area contributed by atoms with Gasteiger partial charge in [-0.05, 0) is 13.8 Å². The van der Waals surface area contributed by atoms with Crippen molar-refractivity contribution in [2.24, 2.45) is 0 Å². The highest BCUT2D eigenvalue weighted by Crippen LogP contribution is 2.19. The minimum Gasteiger partial charge on any atom is -0.477 e. The van der Waals surface area contributed by atoms with Crippen LogP contribution in [0.2, 0.25) is 0 Å². The van der Waals surface area contributed by atoms with Crippen molar-refractivity contribution in [2.45, 2.75) is 39.0 Å². The highest BCUT2D eigenvalue weighted by molar-refractivity contribution is 8.14. The molecule has 0 bridgehead atoms. The van der Waals surface area contributed by atoms with Crippen LogP contribution in [0.4, 0.5) is 0 Å². The van der Waals surface area contributed by atoms with Gasteiger partial charge < -0.3 is 5.11 Å². The summed E-state index contributed by atoms with van der Waals surface area (Å²) in [5, 5.41) is 13.0. The Morgan fingerprint density at radius 2 is 1.94 bits per heavy atom. The van der Waals surface area contributed by atoms with Crippen molar-refractivity contribution < 1.29 is 14.7 Å². The lowest BCUT2D eigenvalue weighted by atomic mass is 10.3. The summed E-state index contributed by atoms with van der Waals surface area (Å²) in [6.07, 6.45) is 0. The molecular weight excluding hydrogens is 240 g/mol. The minimum atomic E-state index is -1.07. The third kappa shape index (κ3) is 3.33. The Kier molecular flexibility index (Phi) is 4.34. The number of carbonyl (C=O) groups excluding carboxylic acids is 1. The molecule has 0 radical (unpaired) electrons. The van der Waals surface area contributed by atoms with Gasteiger partial charge in [0.05, 0.1) is 0 Å². The van der Waals surface area contributed by atoms with Crippen molar-refractivity contribution in [3.05, 3.63) is 17.5 Å². The van der Waals surface area contributed by atoms with Crippen LogP contribution >= 0.6 is 11.8 Å². The lowest BCUT2D eigenvalue weighted by Gasteiger charge is -2.07. The Morgan fingerprint density at radius 3 is 2.29 bits per heavy atom. The molecule has 0 aliphatic rings. The van der Waals surface area contributed by atoms with Gasteiger partial charge in [-0.15, -0.1) is 0 Å². The molecule has 0 saturated carbocycles. The SMILES string of the molecule is CC(C)SC(=O)c1cc(C(=O)O)n(C(C)C)n1. The topological polar surface area (TPSA) is 72.2 Å². The molecule has 0 fully saturated rings. The summed E-state index contributed by atoms with van der Waals surface area (Å²) in [5.74, 6) is -1.07. The maximum Gasteiger partial charge on any atom is 0.354 e. The summed E-state index contributed by atoms with van der Waals surface area (Å²) in [5.41, 5.74) is 0.252. The van der Waals surface area contributed by atoms with Crippen LogP contribution in [0.1, 0.15) is 54.7 Å². The van der Waals surface area contributed by atoms with Gasteiger partial charge in [-0.3, -0.25) is 9.48 Å². The number of aromatic carboxylic acids is 1. The molecule has 94 valence electrons. The summed E-state index contributed by atoms with van der Waals surface area (Å²) in [4.78, 5) is 22.8. The standard InChI is InChI=1S/C11H16N2O3S/c1-6(2)13-9(10(14)15)5-8(12-13)11(16)17-7(3)4/h5-7H,1-4H3,(H,14,15). The first-order valence-corrected chi connectivity index (χ1v) is 6.24. The van der Waals surface area contributed by atoms with Crippen LogP contribution in [0.3, 0.4) is 0 Å². The van der Waals surface area contributed by atoms with Gasteiger partial charge in [0.15, 0.2) is 0 Å². The van der Waals surface area contributed by atoms with Crippen LogP contribution in [0.25, 0.3) is 0 Å². The number of hydrogen-bond donors (Lipinski definition) is 1. The zero-order chi connectivity index (χ0) is 13.2. The summed E-state index contributed by atoms with van der Waals surface area (Å²) in [7, 11) is 0. The number of thioether (sulfide) groups is 1. The Morgan fingerprint density at radius 1 is 1.35 bits per heavy atom. The van der Waals surface area contributed by atoms with Crippen molar-refractivity contribution in [3.8, 4) is 0 Å². The molecule has 1 rings (SSSR count). The summed E-state index contributed by atoms with van der Waals surface area (Å²) in [6, 6.07) is 1.24. The van der Waals surface area contributed by atoms with E-state index in [1.807, 2.05) is 27.7 Å². The third-order valence-electron chi connectivity index (χ3n) is 2.00. The second-order valence-electron chi connectivity index (χ2n) is 4.21. The van der Waals surface area contributed by atoms with E-state index in [1.165, 1.54) is 10.7 Å². The van der Waals surface area contributed by atoms with E-state index in [0.717, 1.165) is 11.8 Å². The molecule has 0 aliphatic heterocycles. The highest BCUT2D eigenvalue weighted by Gasteiger charge is 2.20. The Bertz CT molecular complexity index is 438. The number of aromatic nitrogens is 2. The highest BCUT2D eigenvalue weighted by atomic mass is 32.2. The summed E-state index contributed by atoms with van der Waals surface area (Å²) < 4.78 is 1.36. The van der Waals surface area contributed by atoms with Crippen molar-refractivity contribution in [1.82, 2.24) is 9.78 Å². The molecule has 6 heteroatoms. The van der Waals surface area contributed by atoms with E-state index in [1.54, 1.807) is 0 Å². The molecule has 1 aromatic heterocycles. The fourth-order valence-electron chi connectivity index (χ4n) is 1.32. The minimum absolute atomic E-state index is 0.0488. The van der Waals surface area contributed by atoms with Crippen LogP contribution in [-0.2, 0) is 0 Å². The van der Waals surface area contributed by atoms with Crippen LogP contribution in [0, 0.1) is 0 Å². The third-order valence-corrected chi connectivity index (χ3v) is 2.89. The number of rotatable bonds is 4. The first-order valence-electron chi connectivity index (χ1n) is 5.36. The molecule has 0 atom stereocenters. The van der Waals surface area contributed by atoms with Crippen LogP contribution in [0.15, 0.2) is 6.07 Å². The molecular formula is C11H16N2O3S. The van der Waals surface area contributed by atoms with Crippen LogP contribution < -0.4 is 0 Å². The fraction of sp³-hybridized carbons (Fsp3) is 0.545. The number of carboxylic acid groups (broad SMARTS) is 1. The predicted octanol–water partition coefficient (Wildman–Crippen LogP) is 2.44. The molecule has 17 heavy (non-hydrogen) atoms. The van der Waals surface area contributed by atoms with Gasteiger partial charge in [-0.25, -0.2) is 4.79 Å². The Hall–Kier alpha value is -1.30. The van der Waals surface area contributed by atoms with E-state index in [2.05, 4.69) is 5.10 Å². The number of hydrogen-bond acceptors (Lipinski definition) is 4. The molecule has 0 amide bonds. The maximum absolute atomic E-state index is 11.8. The smallest absolute Gasteiger partial charge is 0.354 e. The molecule has 0 aliphatic carbocycles. The number of nitrogens with zero attached hydrogens (tertiary/aromatic N) is 2. The van der Waals surface area contributed by atoms with Gasteiger partial charge in [0, 0.05) is 17.4 Å². The molecule has 0 saturated heterocycles. The first-order chi connectivity index (χ1) is 7.82. The predicted molar refractivity (Wildman–Crippen MR) is 66.6 cm³/mol. The van der Waals surface area contributed by atoms with Gasteiger partial charge in [0.25, 0.3) is 0 Å². The fourth-order valence-corrected chi connectivity index (χ4v) is 1.97.